The van der Waals surface area contributed by atoms with E-state index in [2.05, 4.69) is 24.5 Å². The number of fused-ring (bicyclic) bond motifs is 3. The summed E-state index contributed by atoms with van der Waals surface area (Å²) < 4.78 is 11.4. The molecule has 0 aromatic carbocycles. The number of ether oxygens (including phenoxy) is 1. The van der Waals surface area contributed by atoms with Crippen molar-refractivity contribution in [2.45, 2.75) is 70.6 Å². The van der Waals surface area contributed by atoms with Crippen LogP contribution in [0.15, 0.2) is 27.8 Å². The Bertz CT molecular complexity index is 684. The number of rotatable bonds is 5. The van der Waals surface area contributed by atoms with E-state index in [9.17, 15) is 0 Å². The zero-order valence-electron chi connectivity index (χ0n) is 16.6. The molecule has 1 aromatic rings. The smallest absolute Gasteiger partial charge is 0.191 e. The first-order valence-electron chi connectivity index (χ1n) is 10.8. The van der Waals surface area contributed by atoms with Crippen molar-refractivity contribution in [2.75, 3.05) is 13.2 Å². The molecule has 5 nitrogen and oxygen atoms in total. The van der Waals surface area contributed by atoms with Crippen LogP contribution >= 0.6 is 0 Å². The molecule has 3 saturated carbocycles. The van der Waals surface area contributed by atoms with E-state index in [1.54, 1.807) is 6.26 Å². The van der Waals surface area contributed by atoms with Gasteiger partial charge in [-0.15, -0.1) is 0 Å². The topological polar surface area (TPSA) is 58.8 Å². The van der Waals surface area contributed by atoms with Gasteiger partial charge in [0.15, 0.2) is 5.96 Å². The summed E-state index contributed by atoms with van der Waals surface area (Å²) in [6.45, 7) is 6.31. The molecule has 1 saturated heterocycles. The van der Waals surface area contributed by atoms with Crippen LogP contribution in [0.3, 0.4) is 0 Å². The number of hydrogen-bond acceptors (Lipinski definition) is 3. The van der Waals surface area contributed by atoms with Crippen LogP contribution in [0.1, 0.15) is 51.7 Å². The van der Waals surface area contributed by atoms with Gasteiger partial charge in [0, 0.05) is 43.0 Å². The highest BCUT2D eigenvalue weighted by atomic mass is 16.5. The molecule has 2 bridgehead atoms. The molecule has 2 heterocycles. The molecule has 2 N–H and O–H groups in total. The number of nitrogens with zero attached hydrogens (tertiary/aromatic N) is 1. The van der Waals surface area contributed by atoms with Crippen LogP contribution in [0.4, 0.5) is 0 Å². The van der Waals surface area contributed by atoms with Crippen molar-refractivity contribution < 1.29 is 9.15 Å². The lowest BCUT2D eigenvalue weighted by atomic mass is 9.57. The molecule has 0 spiro atoms. The first kappa shape index (κ1) is 17.6. The predicted molar refractivity (Wildman–Crippen MR) is 106 cm³/mol. The van der Waals surface area contributed by atoms with E-state index >= 15 is 0 Å². The third kappa shape index (κ3) is 3.18. The summed E-state index contributed by atoms with van der Waals surface area (Å²) >= 11 is 0. The van der Waals surface area contributed by atoms with Crippen molar-refractivity contribution in [3.63, 3.8) is 0 Å². The molecular formula is C22H33N3O2. The second-order valence-corrected chi connectivity index (χ2v) is 9.67. The fraction of sp³-hybridized carbons (Fsp3) is 0.773. The Kier molecular flexibility index (Phi) is 4.46. The van der Waals surface area contributed by atoms with Crippen molar-refractivity contribution in [2.24, 2.45) is 28.2 Å². The van der Waals surface area contributed by atoms with Gasteiger partial charge < -0.3 is 19.8 Å². The van der Waals surface area contributed by atoms with Gasteiger partial charge in [0.1, 0.15) is 5.76 Å². The molecular weight excluding hydrogens is 338 g/mol. The highest BCUT2D eigenvalue weighted by Crippen LogP contribution is 2.52. The molecule has 27 heavy (non-hydrogen) atoms. The SMILES string of the molecule is CC1(C)C(NC(=NCCc2ccco2)NC2CC3CCC2C3)C2CCOC21. The van der Waals surface area contributed by atoms with E-state index in [1.165, 1.54) is 32.1 Å². The molecule has 5 rings (SSSR count). The summed E-state index contributed by atoms with van der Waals surface area (Å²) in [4.78, 5) is 4.94. The van der Waals surface area contributed by atoms with Crippen LogP contribution in [-0.2, 0) is 11.2 Å². The standard InChI is InChI=1S/C22H33N3O2/c1-22(2)19(17-8-11-27-20(17)22)25-21(23-9-7-16-4-3-10-26-16)24-18-13-14-5-6-15(18)12-14/h3-4,10,14-15,17-20H,5-9,11-13H2,1-2H3,(H2,23,24,25). The van der Waals surface area contributed by atoms with Crippen molar-refractivity contribution >= 4 is 5.96 Å². The van der Waals surface area contributed by atoms with E-state index in [-0.39, 0.29) is 5.41 Å². The average molecular weight is 372 g/mol. The molecule has 148 valence electrons. The second kappa shape index (κ2) is 6.84. The molecule has 0 amide bonds. The lowest BCUT2D eigenvalue weighted by Gasteiger charge is -2.55. The average Bonchev–Trinajstić information content (AvgIpc) is 3.43. The van der Waals surface area contributed by atoms with Gasteiger partial charge in [0.25, 0.3) is 0 Å². The maximum absolute atomic E-state index is 5.97. The molecule has 4 fully saturated rings. The van der Waals surface area contributed by atoms with Gasteiger partial charge in [-0.1, -0.05) is 20.3 Å². The van der Waals surface area contributed by atoms with Gasteiger partial charge in [-0.3, -0.25) is 4.99 Å². The van der Waals surface area contributed by atoms with E-state index in [1.807, 2.05) is 12.1 Å². The number of aliphatic imine (C=N–C) groups is 1. The zero-order chi connectivity index (χ0) is 18.4. The Morgan fingerprint density at radius 3 is 2.89 bits per heavy atom. The Labute approximate surface area is 162 Å². The Balaban J connectivity index is 1.27. The number of nitrogens with one attached hydrogen (secondary N) is 2. The van der Waals surface area contributed by atoms with Gasteiger partial charge in [-0.2, -0.15) is 0 Å². The first-order chi connectivity index (χ1) is 13.1. The first-order valence-corrected chi connectivity index (χ1v) is 10.8. The highest BCUT2D eigenvalue weighted by molar-refractivity contribution is 5.81. The van der Waals surface area contributed by atoms with Crippen molar-refractivity contribution in [1.82, 2.24) is 10.6 Å². The minimum absolute atomic E-state index is 0.166. The van der Waals surface area contributed by atoms with Crippen LogP contribution < -0.4 is 10.6 Å². The van der Waals surface area contributed by atoms with E-state index in [0.29, 0.717) is 24.1 Å². The number of hydrogen-bond donors (Lipinski definition) is 2. The van der Waals surface area contributed by atoms with E-state index in [0.717, 1.165) is 43.1 Å². The molecule has 1 aliphatic heterocycles. The minimum atomic E-state index is 0.166. The van der Waals surface area contributed by atoms with Gasteiger partial charge in [0.05, 0.1) is 12.4 Å². The monoisotopic (exact) mass is 371 g/mol. The molecule has 4 aliphatic rings. The third-order valence-electron chi connectivity index (χ3n) is 7.66. The molecule has 0 radical (unpaired) electrons. The molecule has 3 aliphatic carbocycles. The van der Waals surface area contributed by atoms with Crippen molar-refractivity contribution in [1.29, 1.82) is 0 Å². The summed E-state index contributed by atoms with van der Waals surface area (Å²) in [5.74, 6) is 4.40. The van der Waals surface area contributed by atoms with Crippen molar-refractivity contribution in [3.8, 4) is 0 Å². The molecule has 1 aromatic heterocycles. The molecule has 6 atom stereocenters. The quantitative estimate of drug-likeness (QED) is 0.615. The number of furan rings is 1. The van der Waals surface area contributed by atoms with Crippen molar-refractivity contribution in [3.05, 3.63) is 24.2 Å². The fourth-order valence-corrected chi connectivity index (χ4v) is 6.23. The van der Waals surface area contributed by atoms with Crippen LogP contribution in [0.5, 0.6) is 0 Å². The van der Waals surface area contributed by atoms with Gasteiger partial charge in [-0.25, -0.2) is 0 Å². The second-order valence-electron chi connectivity index (χ2n) is 9.67. The Morgan fingerprint density at radius 1 is 1.22 bits per heavy atom. The summed E-state index contributed by atoms with van der Waals surface area (Å²) in [6.07, 6.45) is 9.69. The Hall–Kier alpha value is -1.49. The minimum Gasteiger partial charge on any atom is -0.469 e. The van der Waals surface area contributed by atoms with Crippen LogP contribution in [0.25, 0.3) is 0 Å². The summed E-state index contributed by atoms with van der Waals surface area (Å²) in [5.41, 5.74) is 0.166. The predicted octanol–water partition coefficient (Wildman–Crippen LogP) is 3.36. The lowest BCUT2D eigenvalue weighted by Crippen LogP contribution is -2.68. The van der Waals surface area contributed by atoms with E-state index < -0.39 is 0 Å². The maximum atomic E-state index is 5.97. The molecule has 5 heteroatoms. The highest BCUT2D eigenvalue weighted by Gasteiger charge is 2.59. The Morgan fingerprint density at radius 2 is 2.15 bits per heavy atom. The normalized spacial score (nSPS) is 39.3. The lowest BCUT2D eigenvalue weighted by molar-refractivity contribution is -0.106. The van der Waals surface area contributed by atoms with Crippen LogP contribution in [0, 0.1) is 23.2 Å². The summed E-state index contributed by atoms with van der Waals surface area (Å²) in [5, 5.41) is 7.62. The van der Waals surface area contributed by atoms with Crippen LogP contribution in [-0.4, -0.2) is 37.3 Å². The maximum Gasteiger partial charge on any atom is 0.191 e. The summed E-state index contributed by atoms with van der Waals surface area (Å²) in [7, 11) is 0. The fourth-order valence-electron chi connectivity index (χ4n) is 6.23. The summed E-state index contributed by atoms with van der Waals surface area (Å²) in [6, 6.07) is 5.01. The van der Waals surface area contributed by atoms with E-state index in [4.69, 9.17) is 14.1 Å². The number of guanidine groups is 1. The molecule has 6 unspecified atom stereocenters. The van der Waals surface area contributed by atoms with Gasteiger partial charge in [0.2, 0.25) is 0 Å². The zero-order valence-corrected chi connectivity index (χ0v) is 16.6. The van der Waals surface area contributed by atoms with Gasteiger partial charge >= 0.3 is 0 Å². The van der Waals surface area contributed by atoms with Gasteiger partial charge in [-0.05, 0) is 49.7 Å². The third-order valence-corrected chi connectivity index (χ3v) is 7.66. The van der Waals surface area contributed by atoms with Crippen LogP contribution in [0.2, 0.25) is 0 Å². The largest absolute Gasteiger partial charge is 0.469 e.